The average Bonchev–Trinajstić information content (AvgIpc) is 2.32. The van der Waals surface area contributed by atoms with E-state index in [2.05, 4.69) is 4.98 Å². The van der Waals surface area contributed by atoms with E-state index in [0.29, 0.717) is 5.56 Å². The van der Waals surface area contributed by atoms with Gasteiger partial charge in [-0.1, -0.05) is 0 Å². The molecule has 0 saturated carbocycles. The molecular weight excluding hydrogens is 224 g/mol. The summed E-state index contributed by atoms with van der Waals surface area (Å²) in [4.78, 5) is 15.6. The van der Waals surface area contributed by atoms with Crippen molar-refractivity contribution in [3.63, 3.8) is 0 Å². The number of hydrogen-bond acceptors (Lipinski definition) is 2. The number of rotatable bonds is 2. The molecule has 4 heteroatoms. The fraction of sp³-hybridized carbons (Fsp3) is 0.0769. The van der Waals surface area contributed by atoms with Gasteiger partial charge in [-0.25, -0.2) is 13.8 Å². The zero-order valence-electron chi connectivity index (χ0n) is 9.08. The van der Waals surface area contributed by atoms with Crippen molar-refractivity contribution < 1.29 is 13.6 Å². The molecule has 0 saturated heterocycles. The molecule has 2 rings (SSSR count). The van der Waals surface area contributed by atoms with Crippen molar-refractivity contribution in [2.45, 2.75) is 6.92 Å². The highest BCUT2D eigenvalue weighted by molar-refractivity contribution is 6.07. The minimum absolute atomic E-state index is 0.224. The number of aromatic nitrogens is 1. The van der Waals surface area contributed by atoms with Gasteiger partial charge in [0.1, 0.15) is 11.5 Å². The van der Waals surface area contributed by atoms with Gasteiger partial charge in [0.15, 0.2) is 5.82 Å². The smallest absolute Gasteiger partial charge is 0.214 e. The molecule has 1 aromatic heterocycles. The summed E-state index contributed by atoms with van der Waals surface area (Å²) in [6, 6.07) is 6.45. The van der Waals surface area contributed by atoms with Crippen LogP contribution in [-0.2, 0) is 0 Å². The second-order valence-electron chi connectivity index (χ2n) is 3.63. The van der Waals surface area contributed by atoms with Crippen LogP contribution in [0, 0.1) is 18.6 Å². The van der Waals surface area contributed by atoms with Gasteiger partial charge < -0.3 is 0 Å². The molecule has 1 aromatic carbocycles. The molecule has 0 amide bonds. The van der Waals surface area contributed by atoms with E-state index in [1.165, 1.54) is 30.5 Å². The van der Waals surface area contributed by atoms with Crippen molar-refractivity contribution >= 4 is 5.78 Å². The van der Waals surface area contributed by atoms with E-state index in [4.69, 9.17) is 0 Å². The van der Waals surface area contributed by atoms with Crippen LogP contribution in [0.4, 0.5) is 8.78 Å². The van der Waals surface area contributed by atoms with E-state index < -0.39 is 17.4 Å². The van der Waals surface area contributed by atoms with Crippen LogP contribution in [0.25, 0.3) is 0 Å². The fourth-order valence-corrected chi connectivity index (χ4v) is 1.48. The molecule has 0 aliphatic rings. The molecule has 0 spiro atoms. The second kappa shape index (κ2) is 4.41. The lowest BCUT2D eigenvalue weighted by Crippen LogP contribution is -2.07. The van der Waals surface area contributed by atoms with Crippen molar-refractivity contribution in [2.75, 3.05) is 0 Å². The Morgan fingerprint density at radius 2 is 1.94 bits per heavy atom. The zero-order valence-corrected chi connectivity index (χ0v) is 9.08. The third-order valence-corrected chi connectivity index (χ3v) is 2.39. The van der Waals surface area contributed by atoms with Gasteiger partial charge in [-0.3, -0.25) is 4.79 Å². The molecule has 86 valence electrons. The van der Waals surface area contributed by atoms with Crippen LogP contribution in [0.1, 0.15) is 21.6 Å². The van der Waals surface area contributed by atoms with Crippen molar-refractivity contribution in [2.24, 2.45) is 0 Å². The van der Waals surface area contributed by atoms with E-state index in [-0.39, 0.29) is 11.3 Å². The first-order chi connectivity index (χ1) is 8.09. The lowest BCUT2D eigenvalue weighted by atomic mass is 10.0. The van der Waals surface area contributed by atoms with Gasteiger partial charge >= 0.3 is 0 Å². The van der Waals surface area contributed by atoms with Crippen LogP contribution in [0.3, 0.4) is 0 Å². The largest absolute Gasteiger partial charge is 0.287 e. The SMILES string of the molecule is Cc1cc(C(=O)c2ncccc2F)ccc1F. The zero-order chi connectivity index (χ0) is 12.4. The van der Waals surface area contributed by atoms with Gasteiger partial charge in [-0.05, 0) is 42.8 Å². The maximum Gasteiger partial charge on any atom is 0.214 e. The third kappa shape index (κ3) is 2.20. The fourth-order valence-electron chi connectivity index (χ4n) is 1.48. The Balaban J connectivity index is 2.44. The minimum Gasteiger partial charge on any atom is -0.287 e. The summed E-state index contributed by atoms with van der Waals surface area (Å²) in [7, 11) is 0. The van der Waals surface area contributed by atoms with Crippen LogP contribution < -0.4 is 0 Å². The number of hydrogen-bond donors (Lipinski definition) is 0. The highest BCUT2D eigenvalue weighted by Crippen LogP contribution is 2.14. The van der Waals surface area contributed by atoms with Crippen LogP contribution in [0.2, 0.25) is 0 Å². The van der Waals surface area contributed by atoms with Gasteiger partial charge in [0, 0.05) is 11.8 Å². The first-order valence-electron chi connectivity index (χ1n) is 5.01. The average molecular weight is 233 g/mol. The maximum absolute atomic E-state index is 13.3. The van der Waals surface area contributed by atoms with Gasteiger partial charge in [0.25, 0.3) is 0 Å². The molecule has 0 fully saturated rings. The van der Waals surface area contributed by atoms with E-state index >= 15 is 0 Å². The molecule has 0 bridgehead atoms. The molecule has 0 radical (unpaired) electrons. The Morgan fingerprint density at radius 1 is 1.18 bits per heavy atom. The summed E-state index contributed by atoms with van der Waals surface area (Å²) in [5, 5.41) is 0. The topological polar surface area (TPSA) is 30.0 Å². The highest BCUT2D eigenvalue weighted by Gasteiger charge is 2.15. The Hall–Kier alpha value is -2.10. The summed E-state index contributed by atoms with van der Waals surface area (Å²) >= 11 is 0. The number of carbonyl (C=O) groups excluding carboxylic acids is 1. The Bertz CT molecular complexity index is 581. The molecule has 0 atom stereocenters. The van der Waals surface area contributed by atoms with Gasteiger partial charge in [0.2, 0.25) is 5.78 Å². The van der Waals surface area contributed by atoms with Crippen molar-refractivity contribution in [1.82, 2.24) is 4.98 Å². The van der Waals surface area contributed by atoms with Crippen LogP contribution in [-0.4, -0.2) is 10.8 Å². The minimum atomic E-state index is -0.681. The van der Waals surface area contributed by atoms with Crippen LogP contribution in [0.5, 0.6) is 0 Å². The number of benzene rings is 1. The van der Waals surface area contributed by atoms with Crippen LogP contribution >= 0.6 is 0 Å². The number of pyridine rings is 1. The molecule has 0 N–H and O–H groups in total. The normalized spacial score (nSPS) is 10.3. The molecule has 0 aliphatic heterocycles. The second-order valence-corrected chi connectivity index (χ2v) is 3.63. The first-order valence-corrected chi connectivity index (χ1v) is 5.01. The lowest BCUT2D eigenvalue weighted by Gasteiger charge is -2.03. The molecule has 0 unspecified atom stereocenters. The predicted octanol–water partition coefficient (Wildman–Crippen LogP) is 2.90. The molecule has 2 aromatic rings. The highest BCUT2D eigenvalue weighted by atomic mass is 19.1. The Kier molecular flexibility index (Phi) is 2.95. The van der Waals surface area contributed by atoms with Crippen LogP contribution in [0.15, 0.2) is 36.5 Å². The number of carbonyl (C=O) groups is 1. The Morgan fingerprint density at radius 3 is 2.59 bits per heavy atom. The van der Waals surface area contributed by atoms with E-state index in [0.717, 1.165) is 6.07 Å². The standard InChI is InChI=1S/C13H9F2NO/c1-8-7-9(4-5-10(8)14)13(17)12-11(15)3-2-6-16-12/h2-7H,1H3. The summed E-state index contributed by atoms with van der Waals surface area (Å²) < 4.78 is 26.4. The Labute approximate surface area is 96.9 Å². The monoisotopic (exact) mass is 233 g/mol. The van der Waals surface area contributed by atoms with Gasteiger partial charge in [-0.2, -0.15) is 0 Å². The van der Waals surface area contributed by atoms with Crippen molar-refractivity contribution in [3.05, 3.63) is 65.0 Å². The number of aryl methyl sites for hydroxylation is 1. The van der Waals surface area contributed by atoms with E-state index in [1.54, 1.807) is 6.92 Å². The summed E-state index contributed by atoms with van der Waals surface area (Å²) in [5.41, 5.74) is 0.312. The summed E-state index contributed by atoms with van der Waals surface area (Å²) in [5.74, 6) is -1.63. The molecule has 1 heterocycles. The van der Waals surface area contributed by atoms with Gasteiger partial charge in [-0.15, -0.1) is 0 Å². The predicted molar refractivity (Wildman–Crippen MR) is 58.8 cm³/mol. The quantitative estimate of drug-likeness (QED) is 0.746. The maximum atomic E-state index is 13.3. The first kappa shape index (κ1) is 11.4. The lowest BCUT2D eigenvalue weighted by molar-refractivity contribution is 0.103. The summed E-state index contributed by atoms with van der Waals surface area (Å²) in [6.07, 6.45) is 1.34. The molecule has 2 nitrogen and oxygen atoms in total. The van der Waals surface area contributed by atoms with Gasteiger partial charge in [0.05, 0.1) is 0 Å². The van der Waals surface area contributed by atoms with E-state index in [1.807, 2.05) is 0 Å². The molecular formula is C13H9F2NO. The molecule has 0 aliphatic carbocycles. The third-order valence-electron chi connectivity index (χ3n) is 2.39. The number of nitrogens with zero attached hydrogens (tertiary/aromatic N) is 1. The summed E-state index contributed by atoms with van der Waals surface area (Å²) in [6.45, 7) is 1.54. The molecule has 17 heavy (non-hydrogen) atoms. The number of halogens is 2. The number of ketones is 1. The van der Waals surface area contributed by atoms with Crippen molar-refractivity contribution in [1.29, 1.82) is 0 Å². The van der Waals surface area contributed by atoms with Crippen molar-refractivity contribution in [3.8, 4) is 0 Å². The van der Waals surface area contributed by atoms with E-state index in [9.17, 15) is 13.6 Å².